The fourth-order valence-electron chi connectivity index (χ4n) is 1.89. The van der Waals surface area contributed by atoms with Crippen molar-refractivity contribution in [2.45, 2.75) is 27.0 Å². The van der Waals surface area contributed by atoms with Gasteiger partial charge >= 0.3 is 0 Å². The van der Waals surface area contributed by atoms with Crippen molar-refractivity contribution >= 4 is 27.3 Å². The number of aryl methyl sites for hydroxylation is 1. The average molecular weight is 340 g/mol. The summed E-state index contributed by atoms with van der Waals surface area (Å²) in [4.78, 5) is 1.23. The van der Waals surface area contributed by atoms with Crippen LogP contribution in [0.25, 0.3) is 0 Å². The summed E-state index contributed by atoms with van der Waals surface area (Å²) in [6, 6.07) is 8.40. The van der Waals surface area contributed by atoms with Crippen LogP contribution in [0.5, 0.6) is 5.75 Å². The first kappa shape index (κ1) is 14.6. The first-order valence-electron chi connectivity index (χ1n) is 6.35. The molecule has 0 radical (unpaired) electrons. The molecule has 1 aromatic heterocycles. The minimum atomic E-state index is 0.625. The Morgan fingerprint density at radius 3 is 2.89 bits per heavy atom. The number of halogens is 1. The summed E-state index contributed by atoms with van der Waals surface area (Å²) in [6.45, 7) is 6.64. The Balaban J connectivity index is 2.09. The van der Waals surface area contributed by atoms with E-state index in [9.17, 15) is 0 Å². The normalized spacial score (nSPS) is 10.7. The molecule has 1 aromatic carbocycles. The summed E-state index contributed by atoms with van der Waals surface area (Å²) in [7, 11) is 0. The highest BCUT2D eigenvalue weighted by Crippen LogP contribution is 2.26. The van der Waals surface area contributed by atoms with Crippen LogP contribution in [-0.2, 0) is 13.2 Å². The summed E-state index contributed by atoms with van der Waals surface area (Å²) in [5.41, 5.74) is 2.41. The average Bonchev–Trinajstić information content (AvgIpc) is 2.81. The van der Waals surface area contributed by atoms with Crippen molar-refractivity contribution in [1.29, 1.82) is 0 Å². The molecule has 0 spiro atoms. The molecule has 0 aliphatic rings. The predicted molar refractivity (Wildman–Crippen MR) is 84.9 cm³/mol. The minimum absolute atomic E-state index is 0.625. The molecule has 2 nitrogen and oxygen atoms in total. The Labute approximate surface area is 126 Å². The molecule has 0 saturated heterocycles. The molecule has 19 heavy (non-hydrogen) atoms. The van der Waals surface area contributed by atoms with Crippen LogP contribution < -0.4 is 10.1 Å². The lowest BCUT2D eigenvalue weighted by Crippen LogP contribution is -2.13. The van der Waals surface area contributed by atoms with E-state index >= 15 is 0 Å². The smallest absolute Gasteiger partial charge is 0.127 e. The monoisotopic (exact) mass is 339 g/mol. The molecule has 0 unspecified atom stereocenters. The van der Waals surface area contributed by atoms with Gasteiger partial charge in [-0.3, -0.25) is 0 Å². The van der Waals surface area contributed by atoms with Gasteiger partial charge in [0.15, 0.2) is 0 Å². The van der Waals surface area contributed by atoms with Crippen LogP contribution in [-0.4, -0.2) is 6.54 Å². The van der Waals surface area contributed by atoms with E-state index in [1.54, 1.807) is 11.3 Å². The minimum Gasteiger partial charge on any atom is -0.487 e. The molecule has 102 valence electrons. The summed E-state index contributed by atoms with van der Waals surface area (Å²) in [6.07, 6.45) is 0. The lowest BCUT2D eigenvalue weighted by molar-refractivity contribution is 0.303. The summed E-state index contributed by atoms with van der Waals surface area (Å²) in [5, 5.41) is 5.43. The predicted octanol–water partition coefficient (Wildman–Crippen LogP) is 4.51. The highest BCUT2D eigenvalue weighted by atomic mass is 79.9. The molecule has 1 heterocycles. The van der Waals surface area contributed by atoms with E-state index in [4.69, 9.17) is 4.74 Å². The van der Waals surface area contributed by atoms with Crippen molar-refractivity contribution in [3.8, 4) is 5.75 Å². The van der Waals surface area contributed by atoms with E-state index in [-0.39, 0.29) is 0 Å². The summed E-state index contributed by atoms with van der Waals surface area (Å²) >= 11 is 5.18. The van der Waals surface area contributed by atoms with E-state index in [2.05, 4.69) is 64.7 Å². The van der Waals surface area contributed by atoms with Gasteiger partial charge in [-0.25, -0.2) is 0 Å². The van der Waals surface area contributed by atoms with Crippen LogP contribution >= 0.6 is 27.3 Å². The van der Waals surface area contributed by atoms with Gasteiger partial charge < -0.3 is 10.1 Å². The van der Waals surface area contributed by atoms with Crippen molar-refractivity contribution in [3.63, 3.8) is 0 Å². The number of para-hydroxylation sites is 1. The van der Waals surface area contributed by atoms with Crippen molar-refractivity contribution < 1.29 is 4.74 Å². The van der Waals surface area contributed by atoms with Crippen molar-refractivity contribution in [3.05, 3.63) is 50.1 Å². The van der Waals surface area contributed by atoms with Gasteiger partial charge in [-0.05, 0) is 41.0 Å². The highest BCUT2D eigenvalue weighted by Gasteiger charge is 2.07. The van der Waals surface area contributed by atoms with Crippen molar-refractivity contribution in [2.75, 3.05) is 6.54 Å². The molecule has 4 heteroatoms. The highest BCUT2D eigenvalue weighted by molar-refractivity contribution is 9.10. The maximum Gasteiger partial charge on any atom is 0.127 e. The molecular weight excluding hydrogens is 322 g/mol. The first-order valence-corrected chi connectivity index (χ1v) is 8.03. The molecule has 0 atom stereocenters. The number of benzene rings is 1. The van der Waals surface area contributed by atoms with Crippen LogP contribution in [0.1, 0.15) is 22.9 Å². The van der Waals surface area contributed by atoms with E-state index < -0.39 is 0 Å². The third kappa shape index (κ3) is 4.06. The van der Waals surface area contributed by atoms with Crippen LogP contribution in [0.4, 0.5) is 0 Å². The van der Waals surface area contributed by atoms with Crippen LogP contribution in [0, 0.1) is 6.92 Å². The lowest BCUT2D eigenvalue weighted by Gasteiger charge is -2.14. The zero-order valence-corrected chi connectivity index (χ0v) is 13.6. The number of hydrogen-bond donors (Lipinski definition) is 1. The largest absolute Gasteiger partial charge is 0.487 e. The second-order valence-corrected chi connectivity index (χ2v) is 6.27. The Bertz CT molecular complexity index is 539. The lowest BCUT2D eigenvalue weighted by atomic mass is 10.1. The Morgan fingerprint density at radius 2 is 2.21 bits per heavy atom. The van der Waals surface area contributed by atoms with Gasteiger partial charge in [-0.1, -0.05) is 25.1 Å². The van der Waals surface area contributed by atoms with Gasteiger partial charge in [0.25, 0.3) is 0 Å². The maximum atomic E-state index is 6.01. The number of thiophene rings is 1. The third-order valence-corrected chi connectivity index (χ3v) is 4.51. The number of nitrogens with one attached hydrogen (secondary N) is 1. The van der Waals surface area contributed by atoms with E-state index in [0.717, 1.165) is 23.3 Å². The van der Waals surface area contributed by atoms with E-state index in [1.165, 1.54) is 16.0 Å². The van der Waals surface area contributed by atoms with Gasteiger partial charge in [0, 0.05) is 26.8 Å². The molecular formula is C15H18BrNOS. The quantitative estimate of drug-likeness (QED) is 0.836. The summed E-state index contributed by atoms with van der Waals surface area (Å²) < 4.78 is 7.13. The summed E-state index contributed by atoms with van der Waals surface area (Å²) in [5.74, 6) is 1.01. The molecule has 0 saturated carbocycles. The topological polar surface area (TPSA) is 21.3 Å². The van der Waals surface area contributed by atoms with Gasteiger partial charge in [-0.15, -0.1) is 11.3 Å². The first-order chi connectivity index (χ1) is 9.20. The van der Waals surface area contributed by atoms with Crippen molar-refractivity contribution in [2.24, 2.45) is 0 Å². The van der Waals surface area contributed by atoms with Gasteiger partial charge in [-0.2, -0.15) is 0 Å². The maximum absolute atomic E-state index is 6.01. The second kappa shape index (κ2) is 7.08. The van der Waals surface area contributed by atoms with E-state index in [0.29, 0.717) is 6.61 Å². The molecule has 0 fully saturated rings. The molecule has 0 aliphatic heterocycles. The zero-order valence-electron chi connectivity index (χ0n) is 11.2. The second-order valence-electron chi connectivity index (χ2n) is 4.36. The van der Waals surface area contributed by atoms with Gasteiger partial charge in [0.1, 0.15) is 12.4 Å². The molecule has 0 aliphatic carbocycles. The van der Waals surface area contributed by atoms with Gasteiger partial charge in [0.2, 0.25) is 0 Å². The Morgan fingerprint density at radius 1 is 1.37 bits per heavy atom. The number of ether oxygens (including phenoxy) is 1. The SMILES string of the molecule is CCNCc1cccc(C)c1OCc1cc(Br)cs1. The molecule has 2 rings (SSSR count). The molecule has 2 aromatic rings. The molecule has 0 bridgehead atoms. The zero-order chi connectivity index (χ0) is 13.7. The fourth-order valence-corrected chi connectivity index (χ4v) is 3.25. The fraction of sp³-hybridized carbons (Fsp3) is 0.333. The number of hydrogen-bond acceptors (Lipinski definition) is 3. The van der Waals surface area contributed by atoms with Crippen LogP contribution in [0.2, 0.25) is 0 Å². The molecule has 1 N–H and O–H groups in total. The van der Waals surface area contributed by atoms with Crippen LogP contribution in [0.15, 0.2) is 34.1 Å². The van der Waals surface area contributed by atoms with Gasteiger partial charge in [0.05, 0.1) is 0 Å². The molecule has 0 amide bonds. The van der Waals surface area contributed by atoms with Crippen molar-refractivity contribution in [1.82, 2.24) is 5.32 Å². The Kier molecular flexibility index (Phi) is 5.43. The standard InChI is InChI=1S/C15H18BrNOS/c1-3-17-8-12-6-4-5-11(2)15(12)18-9-14-7-13(16)10-19-14/h4-7,10,17H,3,8-9H2,1-2H3. The van der Waals surface area contributed by atoms with E-state index in [1.807, 2.05) is 0 Å². The Hall–Kier alpha value is -0.840. The van der Waals surface area contributed by atoms with Crippen LogP contribution in [0.3, 0.4) is 0 Å². The third-order valence-electron chi connectivity index (χ3n) is 2.84. The number of rotatable bonds is 6.